The smallest absolute Gasteiger partial charge is 0.0784 e. The molecule has 2 aliphatic carbocycles. The average Bonchev–Trinajstić information content (AvgIpc) is 2.37. The Morgan fingerprint density at radius 2 is 2.00 bits per heavy atom. The van der Waals surface area contributed by atoms with Crippen LogP contribution in [-0.4, -0.2) is 30.8 Å². The summed E-state index contributed by atoms with van der Waals surface area (Å²) in [4.78, 5) is 0. The Kier molecular flexibility index (Phi) is 4.73. The second-order valence-electron chi connectivity index (χ2n) is 5.59. The molecule has 2 rings (SSSR count). The van der Waals surface area contributed by atoms with Crippen LogP contribution in [0.2, 0.25) is 0 Å². The maximum atomic E-state index is 6.46. The SMILES string of the molecule is CCOCC(C)OC1CC(Cl)C12CCCCC2. The summed E-state index contributed by atoms with van der Waals surface area (Å²) in [7, 11) is 0. The number of halogens is 1. The number of rotatable bonds is 5. The van der Waals surface area contributed by atoms with Crippen LogP contribution in [0.1, 0.15) is 52.4 Å². The van der Waals surface area contributed by atoms with Crippen LogP contribution >= 0.6 is 11.6 Å². The Balaban J connectivity index is 1.84. The molecule has 100 valence electrons. The van der Waals surface area contributed by atoms with E-state index in [1.54, 1.807) is 0 Å². The summed E-state index contributed by atoms with van der Waals surface area (Å²) in [6.07, 6.45) is 8.13. The third-order valence-corrected chi connectivity index (χ3v) is 5.04. The van der Waals surface area contributed by atoms with Gasteiger partial charge in [-0.1, -0.05) is 19.3 Å². The van der Waals surface area contributed by atoms with Crippen molar-refractivity contribution in [2.45, 2.75) is 70.0 Å². The molecule has 0 aromatic carbocycles. The molecule has 0 N–H and O–H groups in total. The Morgan fingerprint density at radius 1 is 1.29 bits per heavy atom. The Labute approximate surface area is 110 Å². The first kappa shape index (κ1) is 13.6. The second-order valence-corrected chi connectivity index (χ2v) is 6.12. The van der Waals surface area contributed by atoms with Gasteiger partial charge in [0.1, 0.15) is 0 Å². The van der Waals surface area contributed by atoms with Crippen molar-refractivity contribution in [2.75, 3.05) is 13.2 Å². The minimum absolute atomic E-state index is 0.197. The molecule has 3 unspecified atom stereocenters. The molecule has 17 heavy (non-hydrogen) atoms. The molecule has 0 aromatic rings. The highest BCUT2D eigenvalue weighted by molar-refractivity contribution is 6.21. The van der Waals surface area contributed by atoms with E-state index in [4.69, 9.17) is 21.1 Å². The van der Waals surface area contributed by atoms with Gasteiger partial charge in [0, 0.05) is 17.4 Å². The van der Waals surface area contributed by atoms with Gasteiger partial charge in [-0.3, -0.25) is 0 Å². The summed E-state index contributed by atoms with van der Waals surface area (Å²) in [6.45, 7) is 5.60. The van der Waals surface area contributed by atoms with E-state index in [1.165, 1.54) is 32.1 Å². The number of hydrogen-bond donors (Lipinski definition) is 0. The van der Waals surface area contributed by atoms with Crippen LogP contribution in [0.15, 0.2) is 0 Å². The molecule has 0 aromatic heterocycles. The van der Waals surface area contributed by atoms with E-state index in [9.17, 15) is 0 Å². The standard InChI is InChI=1S/C14H25ClO2/c1-3-16-10-11(2)17-13-9-12(15)14(13)7-5-4-6-8-14/h11-13H,3-10H2,1-2H3. The zero-order valence-corrected chi connectivity index (χ0v) is 11.8. The van der Waals surface area contributed by atoms with Gasteiger partial charge in [-0.05, 0) is 33.1 Å². The van der Waals surface area contributed by atoms with E-state index in [1.807, 2.05) is 6.92 Å². The summed E-state index contributed by atoms with van der Waals surface area (Å²) in [6, 6.07) is 0. The minimum atomic E-state index is 0.197. The van der Waals surface area contributed by atoms with Crippen molar-refractivity contribution in [3.8, 4) is 0 Å². The van der Waals surface area contributed by atoms with Crippen molar-refractivity contribution in [3.05, 3.63) is 0 Å². The molecule has 2 saturated carbocycles. The third kappa shape index (κ3) is 2.80. The maximum absolute atomic E-state index is 6.46. The quantitative estimate of drug-likeness (QED) is 0.701. The first-order valence-corrected chi connectivity index (χ1v) is 7.50. The fourth-order valence-electron chi connectivity index (χ4n) is 3.34. The highest BCUT2D eigenvalue weighted by atomic mass is 35.5. The van der Waals surface area contributed by atoms with Gasteiger partial charge >= 0.3 is 0 Å². The second kappa shape index (κ2) is 5.90. The molecular formula is C14H25ClO2. The predicted octanol–water partition coefficient (Wildman–Crippen LogP) is 3.76. The van der Waals surface area contributed by atoms with Gasteiger partial charge in [-0.15, -0.1) is 11.6 Å². The van der Waals surface area contributed by atoms with Crippen molar-refractivity contribution in [3.63, 3.8) is 0 Å². The van der Waals surface area contributed by atoms with E-state index in [0.717, 1.165) is 13.0 Å². The monoisotopic (exact) mass is 260 g/mol. The molecule has 3 atom stereocenters. The number of hydrogen-bond acceptors (Lipinski definition) is 2. The topological polar surface area (TPSA) is 18.5 Å². The molecule has 0 radical (unpaired) electrons. The zero-order valence-electron chi connectivity index (χ0n) is 11.1. The molecule has 3 heteroatoms. The highest BCUT2D eigenvalue weighted by Gasteiger charge is 2.55. The van der Waals surface area contributed by atoms with Crippen molar-refractivity contribution >= 4 is 11.6 Å². The first-order chi connectivity index (χ1) is 8.19. The van der Waals surface area contributed by atoms with Crippen LogP contribution in [0.3, 0.4) is 0 Å². The lowest BCUT2D eigenvalue weighted by Crippen LogP contribution is -2.57. The van der Waals surface area contributed by atoms with Gasteiger partial charge in [-0.2, -0.15) is 0 Å². The van der Waals surface area contributed by atoms with Crippen LogP contribution in [0.4, 0.5) is 0 Å². The molecule has 1 spiro atoms. The maximum Gasteiger partial charge on any atom is 0.0784 e. The lowest BCUT2D eigenvalue weighted by Gasteiger charge is -2.55. The number of ether oxygens (including phenoxy) is 2. The summed E-state index contributed by atoms with van der Waals surface area (Å²) in [5.41, 5.74) is 0.292. The molecular weight excluding hydrogens is 236 g/mol. The van der Waals surface area contributed by atoms with Gasteiger partial charge in [0.25, 0.3) is 0 Å². The van der Waals surface area contributed by atoms with Gasteiger partial charge in [-0.25, -0.2) is 0 Å². The molecule has 0 bridgehead atoms. The molecule has 0 amide bonds. The largest absolute Gasteiger partial charge is 0.379 e. The lowest BCUT2D eigenvalue weighted by molar-refractivity contribution is -0.160. The molecule has 0 saturated heterocycles. The van der Waals surface area contributed by atoms with Gasteiger partial charge < -0.3 is 9.47 Å². The Morgan fingerprint density at radius 3 is 2.59 bits per heavy atom. The van der Waals surface area contributed by atoms with Crippen molar-refractivity contribution < 1.29 is 9.47 Å². The molecule has 2 nitrogen and oxygen atoms in total. The molecule has 0 aliphatic heterocycles. The Bertz CT molecular complexity index is 238. The average molecular weight is 261 g/mol. The minimum Gasteiger partial charge on any atom is -0.379 e. The van der Waals surface area contributed by atoms with Crippen molar-refractivity contribution in [2.24, 2.45) is 5.41 Å². The van der Waals surface area contributed by atoms with Crippen LogP contribution in [-0.2, 0) is 9.47 Å². The van der Waals surface area contributed by atoms with Crippen molar-refractivity contribution in [1.29, 1.82) is 0 Å². The first-order valence-electron chi connectivity index (χ1n) is 7.06. The van der Waals surface area contributed by atoms with Crippen LogP contribution in [0, 0.1) is 5.41 Å². The van der Waals surface area contributed by atoms with E-state index >= 15 is 0 Å². The summed E-state index contributed by atoms with van der Waals surface area (Å²) >= 11 is 6.46. The summed E-state index contributed by atoms with van der Waals surface area (Å²) in [5.74, 6) is 0. The Hall–Kier alpha value is 0.210. The summed E-state index contributed by atoms with van der Waals surface area (Å²) < 4.78 is 11.6. The third-order valence-electron chi connectivity index (χ3n) is 4.42. The highest BCUT2D eigenvalue weighted by Crippen LogP contribution is 2.56. The van der Waals surface area contributed by atoms with Gasteiger partial charge in [0.2, 0.25) is 0 Å². The normalized spacial score (nSPS) is 33.4. The van der Waals surface area contributed by atoms with Crippen LogP contribution < -0.4 is 0 Å². The van der Waals surface area contributed by atoms with Crippen LogP contribution in [0.25, 0.3) is 0 Å². The van der Waals surface area contributed by atoms with Gasteiger partial charge in [0.15, 0.2) is 0 Å². The van der Waals surface area contributed by atoms with E-state index in [2.05, 4.69) is 6.92 Å². The van der Waals surface area contributed by atoms with E-state index in [0.29, 0.717) is 23.5 Å². The van der Waals surface area contributed by atoms with E-state index < -0.39 is 0 Å². The lowest BCUT2D eigenvalue weighted by atomic mass is 9.58. The van der Waals surface area contributed by atoms with Crippen molar-refractivity contribution in [1.82, 2.24) is 0 Å². The zero-order chi connectivity index (χ0) is 12.3. The van der Waals surface area contributed by atoms with Gasteiger partial charge in [0.05, 0.1) is 18.8 Å². The number of alkyl halides is 1. The molecule has 2 fully saturated rings. The fourth-order valence-corrected chi connectivity index (χ4v) is 3.86. The van der Waals surface area contributed by atoms with E-state index in [-0.39, 0.29) is 6.10 Å². The summed E-state index contributed by atoms with van der Waals surface area (Å²) in [5, 5.41) is 0.340. The predicted molar refractivity (Wildman–Crippen MR) is 70.6 cm³/mol. The molecule has 2 aliphatic rings. The molecule has 0 heterocycles. The fraction of sp³-hybridized carbons (Fsp3) is 1.00. The van der Waals surface area contributed by atoms with Crippen LogP contribution in [0.5, 0.6) is 0 Å².